The molecular formula is C19H29NO5. The molecule has 0 bridgehead atoms. The first-order valence-electron chi connectivity index (χ1n) is 8.84. The van der Waals surface area contributed by atoms with Gasteiger partial charge in [0.25, 0.3) is 0 Å². The third-order valence-corrected chi connectivity index (χ3v) is 4.33. The Kier molecular flexibility index (Phi) is 6.09. The maximum absolute atomic E-state index is 6.08. The van der Waals surface area contributed by atoms with Crippen molar-refractivity contribution in [2.24, 2.45) is 0 Å². The van der Waals surface area contributed by atoms with Crippen molar-refractivity contribution in [3.63, 3.8) is 0 Å². The Hall–Kier alpha value is -1.02. The summed E-state index contributed by atoms with van der Waals surface area (Å²) in [5.74, 6) is -0.644. The zero-order chi connectivity index (χ0) is 17.9. The van der Waals surface area contributed by atoms with Gasteiger partial charge < -0.3 is 28.6 Å². The van der Waals surface area contributed by atoms with Gasteiger partial charge in [-0.05, 0) is 33.5 Å². The minimum absolute atomic E-state index is 0.192. The standard InChI is InChI=1S/C19H29NO5/c1-19(2)24-17-16(22-11-10-20(3)4)15(23-18(17)25-19)13-21-12-14-8-6-5-7-9-14/h5-9,15-18H,10-13H2,1-4H3/t15-,16+,17-,18-/m1/s1. The van der Waals surface area contributed by atoms with E-state index in [2.05, 4.69) is 4.90 Å². The second kappa shape index (κ2) is 8.12. The summed E-state index contributed by atoms with van der Waals surface area (Å²) >= 11 is 0. The topological polar surface area (TPSA) is 49.4 Å². The Morgan fingerprint density at radius 1 is 1.12 bits per heavy atom. The van der Waals surface area contributed by atoms with Crippen molar-refractivity contribution in [3.8, 4) is 0 Å². The number of benzene rings is 1. The molecule has 1 aromatic carbocycles. The Balaban J connectivity index is 1.55. The first kappa shape index (κ1) is 18.8. The van der Waals surface area contributed by atoms with Crippen LogP contribution in [0.4, 0.5) is 0 Å². The second-order valence-electron chi connectivity index (χ2n) is 7.28. The van der Waals surface area contributed by atoms with Crippen LogP contribution in [0.3, 0.4) is 0 Å². The molecule has 0 saturated carbocycles. The number of nitrogens with zero attached hydrogens (tertiary/aromatic N) is 1. The Bertz CT molecular complexity index is 536. The van der Waals surface area contributed by atoms with Crippen molar-refractivity contribution in [3.05, 3.63) is 35.9 Å². The fourth-order valence-electron chi connectivity index (χ4n) is 3.12. The van der Waals surface area contributed by atoms with Gasteiger partial charge in [0.2, 0.25) is 0 Å². The number of hydrogen-bond donors (Lipinski definition) is 0. The van der Waals surface area contributed by atoms with Crippen molar-refractivity contribution in [1.29, 1.82) is 0 Å². The SMILES string of the molecule is CN(C)CCO[C@@H]1[C@H]2OC(C)(C)O[C@H]2O[C@@H]1COCc1ccccc1. The fourth-order valence-corrected chi connectivity index (χ4v) is 3.12. The van der Waals surface area contributed by atoms with Crippen LogP contribution in [0.2, 0.25) is 0 Å². The number of likely N-dealkylation sites (N-methyl/N-ethyl adjacent to an activating group) is 1. The van der Waals surface area contributed by atoms with Gasteiger partial charge >= 0.3 is 0 Å². The molecule has 0 radical (unpaired) electrons. The number of hydrogen-bond acceptors (Lipinski definition) is 6. The zero-order valence-electron chi connectivity index (χ0n) is 15.5. The molecular weight excluding hydrogens is 322 g/mol. The molecule has 3 rings (SSSR count). The van der Waals surface area contributed by atoms with Crippen LogP contribution in [0.25, 0.3) is 0 Å². The zero-order valence-corrected chi connectivity index (χ0v) is 15.5. The van der Waals surface area contributed by atoms with Gasteiger partial charge in [0.1, 0.15) is 18.3 Å². The lowest BCUT2D eigenvalue weighted by Gasteiger charge is -2.26. The maximum Gasteiger partial charge on any atom is 0.190 e. The highest BCUT2D eigenvalue weighted by molar-refractivity contribution is 5.13. The number of rotatable bonds is 8. The van der Waals surface area contributed by atoms with Crippen LogP contribution in [0.5, 0.6) is 0 Å². The summed E-state index contributed by atoms with van der Waals surface area (Å²) in [6.45, 7) is 6.24. The van der Waals surface area contributed by atoms with Crippen LogP contribution < -0.4 is 0 Å². The van der Waals surface area contributed by atoms with Crippen LogP contribution >= 0.6 is 0 Å². The predicted molar refractivity (Wildman–Crippen MR) is 93.1 cm³/mol. The van der Waals surface area contributed by atoms with E-state index in [0.717, 1.165) is 12.1 Å². The lowest BCUT2D eigenvalue weighted by molar-refractivity contribution is -0.224. The van der Waals surface area contributed by atoms with Gasteiger partial charge in [-0.3, -0.25) is 0 Å². The molecule has 2 aliphatic rings. The van der Waals surface area contributed by atoms with E-state index in [-0.39, 0.29) is 18.3 Å². The minimum Gasteiger partial charge on any atom is -0.374 e. The summed E-state index contributed by atoms with van der Waals surface area (Å²) in [4.78, 5) is 2.09. The quantitative estimate of drug-likeness (QED) is 0.714. The summed E-state index contributed by atoms with van der Waals surface area (Å²) in [5, 5.41) is 0. The van der Waals surface area contributed by atoms with Crippen molar-refractivity contribution < 1.29 is 23.7 Å². The third-order valence-electron chi connectivity index (χ3n) is 4.33. The molecule has 1 aromatic rings. The first-order valence-corrected chi connectivity index (χ1v) is 8.84. The Morgan fingerprint density at radius 2 is 1.88 bits per heavy atom. The van der Waals surface area contributed by atoms with Crippen molar-refractivity contribution in [2.75, 3.05) is 33.9 Å². The van der Waals surface area contributed by atoms with Gasteiger partial charge in [0.05, 0.1) is 19.8 Å². The van der Waals surface area contributed by atoms with E-state index in [4.69, 9.17) is 23.7 Å². The van der Waals surface area contributed by atoms with Crippen molar-refractivity contribution in [1.82, 2.24) is 4.90 Å². The molecule has 0 unspecified atom stereocenters. The van der Waals surface area contributed by atoms with E-state index in [0.29, 0.717) is 19.8 Å². The van der Waals surface area contributed by atoms with E-state index >= 15 is 0 Å². The average molecular weight is 351 g/mol. The molecule has 4 atom stereocenters. The van der Waals surface area contributed by atoms with Crippen molar-refractivity contribution in [2.45, 2.75) is 50.8 Å². The van der Waals surface area contributed by atoms with Gasteiger partial charge in [-0.25, -0.2) is 0 Å². The van der Waals surface area contributed by atoms with E-state index in [1.54, 1.807) is 0 Å². The summed E-state index contributed by atoms with van der Waals surface area (Å²) in [7, 11) is 4.05. The van der Waals surface area contributed by atoms with Gasteiger partial charge in [-0.2, -0.15) is 0 Å². The molecule has 6 heteroatoms. The monoisotopic (exact) mass is 351 g/mol. The third kappa shape index (κ3) is 5.00. The highest BCUT2D eigenvalue weighted by Gasteiger charge is 2.55. The van der Waals surface area contributed by atoms with Crippen LogP contribution in [0.15, 0.2) is 30.3 Å². The van der Waals surface area contributed by atoms with Crippen LogP contribution in [0.1, 0.15) is 19.4 Å². The molecule has 2 fully saturated rings. The molecule has 0 aromatic heterocycles. The Morgan fingerprint density at radius 3 is 2.60 bits per heavy atom. The molecule has 2 heterocycles. The molecule has 0 aliphatic carbocycles. The molecule has 6 nitrogen and oxygen atoms in total. The highest BCUT2D eigenvalue weighted by atomic mass is 16.8. The molecule has 0 amide bonds. The van der Waals surface area contributed by atoms with Gasteiger partial charge in [0.15, 0.2) is 12.1 Å². The molecule has 2 aliphatic heterocycles. The van der Waals surface area contributed by atoms with E-state index in [1.165, 1.54) is 0 Å². The summed E-state index contributed by atoms with van der Waals surface area (Å²) in [6.07, 6.45) is -1.01. The number of ether oxygens (including phenoxy) is 5. The molecule has 0 N–H and O–H groups in total. The smallest absolute Gasteiger partial charge is 0.190 e. The minimum atomic E-state index is -0.644. The van der Waals surface area contributed by atoms with Gasteiger partial charge in [-0.15, -0.1) is 0 Å². The summed E-state index contributed by atoms with van der Waals surface area (Å²) in [5.41, 5.74) is 1.14. The summed E-state index contributed by atoms with van der Waals surface area (Å²) in [6, 6.07) is 10.1. The molecule has 25 heavy (non-hydrogen) atoms. The van der Waals surface area contributed by atoms with E-state index in [1.807, 2.05) is 58.3 Å². The largest absolute Gasteiger partial charge is 0.374 e. The van der Waals surface area contributed by atoms with Crippen LogP contribution in [-0.4, -0.2) is 69.1 Å². The fraction of sp³-hybridized carbons (Fsp3) is 0.684. The van der Waals surface area contributed by atoms with Crippen LogP contribution in [-0.2, 0) is 30.3 Å². The Labute approximate surface area is 149 Å². The molecule has 2 saturated heterocycles. The maximum atomic E-state index is 6.08. The lowest BCUT2D eigenvalue weighted by atomic mass is 10.1. The van der Waals surface area contributed by atoms with E-state index < -0.39 is 12.1 Å². The number of fused-ring (bicyclic) bond motifs is 1. The van der Waals surface area contributed by atoms with Gasteiger partial charge in [0, 0.05) is 6.54 Å². The lowest BCUT2D eigenvalue weighted by Crippen LogP contribution is -2.40. The molecule has 0 spiro atoms. The first-order chi connectivity index (χ1) is 11.9. The van der Waals surface area contributed by atoms with Gasteiger partial charge in [-0.1, -0.05) is 30.3 Å². The highest BCUT2D eigenvalue weighted by Crippen LogP contribution is 2.38. The predicted octanol–water partition coefficient (Wildman–Crippen LogP) is 2.03. The average Bonchev–Trinajstić information content (AvgIpc) is 3.01. The van der Waals surface area contributed by atoms with Crippen LogP contribution in [0, 0.1) is 0 Å². The van der Waals surface area contributed by atoms with Crippen molar-refractivity contribution >= 4 is 0 Å². The summed E-state index contributed by atoms with van der Waals surface area (Å²) < 4.78 is 29.8. The second-order valence-corrected chi connectivity index (χ2v) is 7.28. The van der Waals surface area contributed by atoms with E-state index in [9.17, 15) is 0 Å². The molecule has 140 valence electrons. The normalized spacial score (nSPS) is 30.8.